The molecule has 0 bridgehead atoms. The van der Waals surface area contributed by atoms with Crippen LogP contribution in [0.2, 0.25) is 0 Å². The molecule has 0 aliphatic carbocycles. The van der Waals surface area contributed by atoms with Gasteiger partial charge in [-0.1, -0.05) is 27.2 Å². The van der Waals surface area contributed by atoms with Crippen molar-refractivity contribution in [3.63, 3.8) is 0 Å². The molecule has 3 unspecified atom stereocenters. The van der Waals surface area contributed by atoms with Crippen molar-refractivity contribution in [3.8, 4) is 0 Å². The van der Waals surface area contributed by atoms with Crippen LogP contribution in [0.15, 0.2) is 0 Å². The highest BCUT2D eigenvalue weighted by Gasteiger charge is 2.27. The highest BCUT2D eigenvalue weighted by molar-refractivity contribution is 7.39. The monoisotopic (exact) mass is 158 g/mol. The minimum absolute atomic E-state index is 0.936. The Labute approximate surface area is 66.6 Å². The zero-order chi connectivity index (χ0) is 7.56. The Balaban J connectivity index is 2.42. The van der Waals surface area contributed by atoms with Crippen LogP contribution in [-0.4, -0.2) is 11.8 Å². The first-order valence-electron chi connectivity index (χ1n) is 4.49. The third kappa shape index (κ3) is 1.72. The van der Waals surface area contributed by atoms with E-state index in [-0.39, 0.29) is 0 Å². The van der Waals surface area contributed by atoms with Crippen LogP contribution in [0.3, 0.4) is 0 Å². The van der Waals surface area contributed by atoms with Gasteiger partial charge in [0.05, 0.1) is 0 Å². The summed E-state index contributed by atoms with van der Waals surface area (Å²) >= 11 is 0. The summed E-state index contributed by atoms with van der Waals surface area (Å²) in [6, 6.07) is 0. The van der Waals surface area contributed by atoms with E-state index >= 15 is 0 Å². The van der Waals surface area contributed by atoms with Crippen LogP contribution in [0, 0.1) is 11.8 Å². The molecule has 3 atom stereocenters. The van der Waals surface area contributed by atoms with Crippen molar-refractivity contribution in [1.29, 1.82) is 0 Å². The van der Waals surface area contributed by atoms with Gasteiger partial charge in [0.1, 0.15) is 0 Å². The molecule has 0 amide bonds. The van der Waals surface area contributed by atoms with Crippen LogP contribution >= 0.6 is 8.58 Å². The van der Waals surface area contributed by atoms with Crippen molar-refractivity contribution >= 4 is 8.58 Å². The second-order valence-corrected chi connectivity index (χ2v) is 5.26. The first-order valence-corrected chi connectivity index (χ1v) is 5.77. The van der Waals surface area contributed by atoms with Crippen LogP contribution in [0.4, 0.5) is 0 Å². The molecule has 0 nitrogen and oxygen atoms in total. The Morgan fingerprint density at radius 2 is 2.20 bits per heavy atom. The third-order valence-corrected chi connectivity index (χ3v) is 4.83. The smallest absolute Gasteiger partial charge is 0.0185 e. The van der Waals surface area contributed by atoms with Gasteiger partial charge in [-0.2, -0.15) is 0 Å². The van der Waals surface area contributed by atoms with Gasteiger partial charge in [-0.3, -0.25) is 0 Å². The first-order chi connectivity index (χ1) is 4.75. The van der Waals surface area contributed by atoms with Crippen LogP contribution in [0.25, 0.3) is 0 Å². The Morgan fingerprint density at radius 1 is 1.50 bits per heavy atom. The average Bonchev–Trinajstić information content (AvgIpc) is 2.33. The lowest BCUT2D eigenvalue weighted by atomic mass is 9.92. The predicted octanol–water partition coefficient (Wildman–Crippen LogP) is 3.12. The van der Waals surface area contributed by atoms with E-state index < -0.39 is 0 Å². The maximum atomic E-state index is 2.38. The Bertz CT molecular complexity index is 98.9. The van der Waals surface area contributed by atoms with E-state index in [9.17, 15) is 0 Å². The van der Waals surface area contributed by atoms with Gasteiger partial charge in [-0.25, -0.2) is 0 Å². The van der Waals surface area contributed by atoms with Crippen molar-refractivity contribution in [1.82, 2.24) is 0 Å². The zero-order valence-electron chi connectivity index (χ0n) is 7.35. The summed E-state index contributed by atoms with van der Waals surface area (Å²) in [5.41, 5.74) is 1.07. The fourth-order valence-electron chi connectivity index (χ4n) is 2.02. The molecule has 1 heteroatoms. The van der Waals surface area contributed by atoms with Crippen LogP contribution in [0.5, 0.6) is 0 Å². The molecule has 0 spiro atoms. The van der Waals surface area contributed by atoms with E-state index in [0.29, 0.717) is 0 Å². The number of hydrogen-bond acceptors (Lipinski definition) is 0. The molecule has 1 heterocycles. The first kappa shape index (κ1) is 8.53. The van der Waals surface area contributed by atoms with E-state index in [0.717, 1.165) is 17.5 Å². The molecular formula is C9H19P. The molecule has 0 N–H and O–H groups in total. The van der Waals surface area contributed by atoms with Crippen molar-refractivity contribution in [2.45, 2.75) is 39.3 Å². The summed E-state index contributed by atoms with van der Waals surface area (Å²) < 4.78 is 0. The highest BCUT2D eigenvalue weighted by atomic mass is 31.1. The molecule has 60 valence electrons. The molecule has 0 aromatic carbocycles. The largest absolute Gasteiger partial charge is 0.118 e. The summed E-state index contributed by atoms with van der Waals surface area (Å²) in [7, 11) is 1.27. The molecule has 0 saturated carbocycles. The molecule has 0 radical (unpaired) electrons. The van der Waals surface area contributed by atoms with E-state index in [2.05, 4.69) is 20.8 Å². The minimum atomic E-state index is 0.936. The fraction of sp³-hybridized carbons (Fsp3) is 1.00. The summed E-state index contributed by atoms with van der Waals surface area (Å²) in [6.07, 6.45) is 4.44. The minimum Gasteiger partial charge on any atom is -0.118 e. The number of hydrogen-bond donors (Lipinski definition) is 0. The third-order valence-electron chi connectivity index (χ3n) is 2.65. The van der Waals surface area contributed by atoms with Crippen molar-refractivity contribution in [3.05, 3.63) is 0 Å². The highest BCUT2D eigenvalue weighted by Crippen LogP contribution is 2.42. The Hall–Kier alpha value is 0.430. The van der Waals surface area contributed by atoms with Crippen molar-refractivity contribution in [2.75, 3.05) is 6.16 Å². The molecule has 1 fully saturated rings. The Kier molecular flexibility index (Phi) is 3.17. The second-order valence-electron chi connectivity index (χ2n) is 3.68. The quantitative estimate of drug-likeness (QED) is 0.542. The van der Waals surface area contributed by atoms with E-state index in [1.807, 2.05) is 0 Å². The molecule has 1 rings (SSSR count). The summed E-state index contributed by atoms with van der Waals surface area (Å²) in [4.78, 5) is 0. The lowest BCUT2D eigenvalue weighted by molar-refractivity contribution is 0.423. The standard InChI is InChI=1S/C9H19P/c1-4-8-5-6-10-9(8)7(2)3/h7-10H,4-6H2,1-3H3. The second kappa shape index (κ2) is 3.72. The molecule has 1 aliphatic heterocycles. The van der Waals surface area contributed by atoms with Gasteiger partial charge in [-0.15, -0.1) is 8.58 Å². The van der Waals surface area contributed by atoms with Gasteiger partial charge in [0.2, 0.25) is 0 Å². The zero-order valence-corrected chi connectivity index (χ0v) is 8.35. The van der Waals surface area contributed by atoms with E-state index in [1.165, 1.54) is 27.6 Å². The fourth-order valence-corrected chi connectivity index (χ4v) is 4.10. The lowest BCUT2D eigenvalue weighted by Crippen LogP contribution is -2.16. The van der Waals surface area contributed by atoms with Gasteiger partial charge in [0.25, 0.3) is 0 Å². The SMILES string of the molecule is CCC1CCPC1C(C)C. The van der Waals surface area contributed by atoms with Gasteiger partial charge in [-0.05, 0) is 30.1 Å². The van der Waals surface area contributed by atoms with Crippen molar-refractivity contribution < 1.29 is 0 Å². The van der Waals surface area contributed by atoms with E-state index in [4.69, 9.17) is 0 Å². The van der Waals surface area contributed by atoms with Gasteiger partial charge in [0, 0.05) is 0 Å². The molecular weight excluding hydrogens is 139 g/mol. The number of rotatable bonds is 2. The van der Waals surface area contributed by atoms with Crippen molar-refractivity contribution in [2.24, 2.45) is 11.8 Å². The van der Waals surface area contributed by atoms with Gasteiger partial charge in [0.15, 0.2) is 0 Å². The molecule has 0 aromatic rings. The topological polar surface area (TPSA) is 0 Å². The summed E-state index contributed by atoms with van der Waals surface area (Å²) in [5.74, 6) is 2.00. The summed E-state index contributed by atoms with van der Waals surface area (Å²) in [6.45, 7) is 7.10. The van der Waals surface area contributed by atoms with Crippen LogP contribution < -0.4 is 0 Å². The van der Waals surface area contributed by atoms with Gasteiger partial charge >= 0.3 is 0 Å². The Morgan fingerprint density at radius 3 is 2.60 bits per heavy atom. The van der Waals surface area contributed by atoms with Crippen LogP contribution in [0.1, 0.15) is 33.6 Å². The lowest BCUT2D eigenvalue weighted by Gasteiger charge is -2.21. The van der Waals surface area contributed by atoms with Crippen LogP contribution in [-0.2, 0) is 0 Å². The molecule has 0 aromatic heterocycles. The van der Waals surface area contributed by atoms with E-state index in [1.54, 1.807) is 0 Å². The molecule has 1 saturated heterocycles. The molecule has 10 heavy (non-hydrogen) atoms. The summed E-state index contributed by atoms with van der Waals surface area (Å²) in [5, 5.41) is 0. The maximum Gasteiger partial charge on any atom is -0.0185 e. The predicted molar refractivity (Wildman–Crippen MR) is 50.2 cm³/mol. The normalized spacial score (nSPS) is 36.0. The molecule has 1 aliphatic rings. The maximum absolute atomic E-state index is 2.38. The average molecular weight is 158 g/mol. The van der Waals surface area contributed by atoms with Gasteiger partial charge < -0.3 is 0 Å².